The van der Waals surface area contributed by atoms with E-state index in [-0.39, 0.29) is 11.9 Å². The molecule has 2 aromatic carbocycles. The van der Waals surface area contributed by atoms with Crippen molar-refractivity contribution < 1.29 is 9.53 Å². The van der Waals surface area contributed by atoms with E-state index in [9.17, 15) is 4.79 Å². The molecule has 1 amide bonds. The van der Waals surface area contributed by atoms with Crippen molar-refractivity contribution in [3.8, 4) is 5.75 Å². The fourth-order valence-corrected chi connectivity index (χ4v) is 4.77. The molecule has 0 bridgehead atoms. The van der Waals surface area contributed by atoms with Gasteiger partial charge in [-0.05, 0) is 49.6 Å². The van der Waals surface area contributed by atoms with E-state index in [0.29, 0.717) is 26.1 Å². The highest BCUT2D eigenvalue weighted by atomic mass is 16.5. The Hall–Kier alpha value is -3.54. The van der Waals surface area contributed by atoms with Crippen molar-refractivity contribution in [3.63, 3.8) is 0 Å². The minimum Gasteiger partial charge on any atom is -0.494 e. The molecule has 2 aromatic heterocycles. The van der Waals surface area contributed by atoms with Crippen molar-refractivity contribution >= 4 is 16.8 Å². The number of hydrogen-bond acceptors (Lipinski definition) is 3. The number of aromatic nitrogens is 3. The molecule has 0 fully saturated rings. The van der Waals surface area contributed by atoms with Crippen LogP contribution < -0.4 is 4.74 Å². The highest BCUT2D eigenvalue weighted by Crippen LogP contribution is 2.39. The Balaban J connectivity index is 1.50. The number of hydrogen-bond donors (Lipinski definition) is 1. The van der Waals surface area contributed by atoms with Gasteiger partial charge in [-0.15, -0.1) is 0 Å². The van der Waals surface area contributed by atoms with Gasteiger partial charge in [0, 0.05) is 48.5 Å². The Labute approximate surface area is 187 Å². The summed E-state index contributed by atoms with van der Waals surface area (Å²) in [5, 5.41) is 1.25. The maximum Gasteiger partial charge on any atom is 0.225 e. The molecule has 0 saturated carbocycles. The number of ether oxygens (including phenoxy) is 1. The maximum absolute atomic E-state index is 13.4. The second-order valence-electron chi connectivity index (χ2n) is 8.22. The van der Waals surface area contributed by atoms with Crippen LogP contribution in [-0.2, 0) is 17.8 Å². The van der Waals surface area contributed by atoms with Gasteiger partial charge in [0.05, 0.1) is 12.6 Å². The van der Waals surface area contributed by atoms with Crippen LogP contribution >= 0.6 is 0 Å². The van der Waals surface area contributed by atoms with Crippen molar-refractivity contribution in [2.45, 2.75) is 39.3 Å². The monoisotopic (exact) mass is 428 g/mol. The summed E-state index contributed by atoms with van der Waals surface area (Å²) in [6.45, 7) is 5.91. The molecule has 0 saturated heterocycles. The molecule has 0 aliphatic carbocycles. The number of para-hydroxylation sites is 1. The zero-order valence-electron chi connectivity index (χ0n) is 18.5. The van der Waals surface area contributed by atoms with E-state index in [1.165, 1.54) is 10.9 Å². The molecule has 32 heavy (non-hydrogen) atoms. The molecule has 5 rings (SSSR count). The molecule has 1 aliphatic heterocycles. The summed E-state index contributed by atoms with van der Waals surface area (Å²) in [6, 6.07) is 16.4. The first kappa shape index (κ1) is 20.4. The zero-order valence-corrected chi connectivity index (χ0v) is 18.5. The van der Waals surface area contributed by atoms with E-state index >= 15 is 0 Å². The van der Waals surface area contributed by atoms with Crippen LogP contribution in [0.25, 0.3) is 10.9 Å². The lowest BCUT2D eigenvalue weighted by molar-refractivity contribution is -0.133. The van der Waals surface area contributed by atoms with Gasteiger partial charge in [-0.2, -0.15) is 0 Å². The Bertz CT molecular complexity index is 1240. The molecule has 1 N–H and O–H groups in total. The van der Waals surface area contributed by atoms with Crippen LogP contribution in [-0.4, -0.2) is 38.5 Å². The zero-order chi connectivity index (χ0) is 22.1. The smallest absolute Gasteiger partial charge is 0.225 e. The minimum atomic E-state index is -0.141. The number of fused-ring (bicyclic) bond motifs is 3. The van der Waals surface area contributed by atoms with E-state index < -0.39 is 0 Å². The van der Waals surface area contributed by atoms with Crippen molar-refractivity contribution in [2.75, 3.05) is 13.2 Å². The summed E-state index contributed by atoms with van der Waals surface area (Å²) in [5.74, 6) is 1.93. The summed E-state index contributed by atoms with van der Waals surface area (Å²) < 4.78 is 7.66. The number of benzene rings is 2. The Kier molecular flexibility index (Phi) is 5.43. The van der Waals surface area contributed by atoms with Crippen LogP contribution in [0.3, 0.4) is 0 Å². The second kappa shape index (κ2) is 8.54. The van der Waals surface area contributed by atoms with E-state index in [1.807, 2.05) is 47.7 Å². The molecule has 0 radical (unpaired) electrons. The van der Waals surface area contributed by atoms with Gasteiger partial charge in [-0.1, -0.05) is 30.3 Å². The molecule has 164 valence electrons. The highest BCUT2D eigenvalue weighted by Gasteiger charge is 2.34. The van der Waals surface area contributed by atoms with Crippen molar-refractivity contribution in [2.24, 2.45) is 0 Å². The number of carbonyl (C=O) groups excluding carboxylic acids is 1. The summed E-state index contributed by atoms with van der Waals surface area (Å²) in [4.78, 5) is 23.4. The first-order chi connectivity index (χ1) is 15.7. The van der Waals surface area contributed by atoms with Gasteiger partial charge < -0.3 is 19.2 Å². The number of nitrogens with zero attached hydrogens (tertiary/aromatic N) is 3. The quantitative estimate of drug-likeness (QED) is 0.487. The molecule has 6 nitrogen and oxygen atoms in total. The van der Waals surface area contributed by atoms with Crippen LogP contribution in [0.5, 0.6) is 5.75 Å². The molecule has 4 aromatic rings. The summed E-state index contributed by atoms with van der Waals surface area (Å²) >= 11 is 0. The third-order valence-electron chi connectivity index (χ3n) is 6.35. The van der Waals surface area contributed by atoms with Gasteiger partial charge in [0.1, 0.15) is 11.6 Å². The minimum absolute atomic E-state index is 0.141. The third kappa shape index (κ3) is 3.66. The van der Waals surface area contributed by atoms with Gasteiger partial charge in [0.2, 0.25) is 5.91 Å². The van der Waals surface area contributed by atoms with Gasteiger partial charge >= 0.3 is 0 Å². The second-order valence-corrected chi connectivity index (χ2v) is 8.22. The van der Waals surface area contributed by atoms with E-state index in [2.05, 4.69) is 40.3 Å². The number of nitrogens with one attached hydrogen (secondary N) is 1. The SMILES string of the molecule is CCOc1ccc(C2c3[nH]c4ccccc4c3CCN2C(=O)CCn2ccnc2C)cc1. The lowest BCUT2D eigenvalue weighted by Crippen LogP contribution is -2.41. The van der Waals surface area contributed by atoms with Crippen LogP contribution in [0.15, 0.2) is 60.9 Å². The number of aromatic amines is 1. The van der Waals surface area contributed by atoms with Crippen LogP contribution in [0, 0.1) is 6.92 Å². The number of rotatable bonds is 6. The molecule has 6 heteroatoms. The number of H-pyrrole nitrogens is 1. The number of amides is 1. The number of imidazole rings is 1. The molecule has 1 aliphatic rings. The Morgan fingerprint density at radius 2 is 2.00 bits per heavy atom. The summed E-state index contributed by atoms with van der Waals surface area (Å²) in [7, 11) is 0. The standard InChI is InChI=1S/C26H28N4O2/c1-3-32-20-10-8-19(9-11-20)26-25-22(21-6-4-5-7-23(21)28-25)12-16-30(26)24(31)13-15-29-17-14-27-18(29)2/h4-11,14,17,26,28H,3,12-13,15-16H2,1-2H3. The van der Waals surface area contributed by atoms with Gasteiger partial charge in [0.25, 0.3) is 0 Å². The average Bonchev–Trinajstić information content (AvgIpc) is 3.40. The Morgan fingerprint density at radius 3 is 2.75 bits per heavy atom. The van der Waals surface area contributed by atoms with Gasteiger partial charge in [-0.3, -0.25) is 4.79 Å². The predicted octanol–water partition coefficient (Wildman–Crippen LogP) is 4.64. The molecule has 3 heterocycles. The molecule has 1 atom stereocenters. The third-order valence-corrected chi connectivity index (χ3v) is 6.35. The molecular weight excluding hydrogens is 400 g/mol. The first-order valence-corrected chi connectivity index (χ1v) is 11.2. The van der Waals surface area contributed by atoms with Crippen LogP contribution in [0.4, 0.5) is 0 Å². The molecular formula is C26H28N4O2. The summed E-state index contributed by atoms with van der Waals surface area (Å²) in [6.07, 6.45) is 5.00. The van der Waals surface area contributed by atoms with Crippen LogP contribution in [0.2, 0.25) is 0 Å². The fourth-order valence-electron chi connectivity index (χ4n) is 4.77. The predicted molar refractivity (Wildman–Crippen MR) is 125 cm³/mol. The largest absolute Gasteiger partial charge is 0.494 e. The highest BCUT2D eigenvalue weighted by molar-refractivity contribution is 5.86. The summed E-state index contributed by atoms with van der Waals surface area (Å²) in [5.41, 5.74) is 4.65. The van der Waals surface area contributed by atoms with Gasteiger partial charge in [0.15, 0.2) is 0 Å². The average molecular weight is 429 g/mol. The van der Waals surface area contributed by atoms with E-state index in [1.54, 1.807) is 6.20 Å². The number of carbonyl (C=O) groups is 1. The fraction of sp³-hybridized carbons (Fsp3) is 0.308. The Morgan fingerprint density at radius 1 is 1.19 bits per heavy atom. The number of aryl methyl sites for hydroxylation is 2. The van der Waals surface area contributed by atoms with Crippen LogP contribution in [0.1, 0.15) is 42.0 Å². The lowest BCUT2D eigenvalue weighted by Gasteiger charge is -2.36. The molecule has 1 unspecified atom stereocenters. The van der Waals surface area contributed by atoms with Crippen molar-refractivity contribution in [1.29, 1.82) is 0 Å². The van der Waals surface area contributed by atoms with E-state index in [4.69, 9.17) is 4.74 Å². The maximum atomic E-state index is 13.4. The van der Waals surface area contributed by atoms with Crippen molar-refractivity contribution in [3.05, 3.63) is 83.6 Å². The first-order valence-electron chi connectivity index (χ1n) is 11.2. The normalized spacial score (nSPS) is 15.7. The molecule has 0 spiro atoms. The topological polar surface area (TPSA) is 63.1 Å². The van der Waals surface area contributed by atoms with E-state index in [0.717, 1.165) is 34.8 Å². The van der Waals surface area contributed by atoms with Crippen molar-refractivity contribution in [1.82, 2.24) is 19.4 Å². The van der Waals surface area contributed by atoms with Gasteiger partial charge in [-0.25, -0.2) is 4.98 Å². The lowest BCUT2D eigenvalue weighted by atomic mass is 9.92.